The van der Waals surface area contributed by atoms with Crippen LogP contribution in [-0.4, -0.2) is 32.7 Å². The van der Waals surface area contributed by atoms with Gasteiger partial charge < -0.3 is 15.4 Å². The number of carbonyl (C=O) groups is 1. The van der Waals surface area contributed by atoms with Crippen LogP contribution in [0.5, 0.6) is 0 Å². The Morgan fingerprint density at radius 1 is 1.33 bits per heavy atom. The van der Waals surface area contributed by atoms with Gasteiger partial charge in [0.2, 0.25) is 5.91 Å². The Morgan fingerprint density at radius 3 is 3.00 bits per heavy atom. The topological polar surface area (TPSA) is 50.4 Å². The number of methoxy groups -OCH3 is 1. The maximum atomic E-state index is 11.5. The fourth-order valence-corrected chi connectivity index (χ4v) is 3.48. The third kappa shape index (κ3) is 5.59. The lowest BCUT2D eigenvalue weighted by atomic mass is 10.2. The molecule has 114 valence electrons. The van der Waals surface area contributed by atoms with Crippen LogP contribution >= 0.6 is 22.7 Å². The van der Waals surface area contributed by atoms with Crippen LogP contribution < -0.4 is 10.6 Å². The van der Waals surface area contributed by atoms with Gasteiger partial charge in [-0.25, -0.2) is 0 Å². The summed E-state index contributed by atoms with van der Waals surface area (Å²) in [7, 11) is 1.62. The molecule has 0 atom stereocenters. The Bertz CT molecular complexity index is 538. The fraction of sp³-hybridized carbons (Fsp3) is 0.400. The molecule has 0 unspecified atom stereocenters. The molecule has 0 saturated heterocycles. The van der Waals surface area contributed by atoms with Crippen LogP contribution in [0.15, 0.2) is 29.0 Å². The van der Waals surface area contributed by atoms with E-state index >= 15 is 0 Å². The summed E-state index contributed by atoms with van der Waals surface area (Å²) in [5.41, 5.74) is 1.28. The predicted octanol–water partition coefficient (Wildman–Crippen LogP) is 2.72. The van der Waals surface area contributed by atoms with E-state index in [9.17, 15) is 4.79 Å². The summed E-state index contributed by atoms with van der Waals surface area (Å²) in [4.78, 5) is 14.1. The highest BCUT2D eigenvalue weighted by atomic mass is 32.1. The Hall–Kier alpha value is -1.21. The predicted molar refractivity (Wildman–Crippen MR) is 88.8 cm³/mol. The van der Waals surface area contributed by atoms with Gasteiger partial charge in [0.25, 0.3) is 0 Å². The smallest absolute Gasteiger partial charge is 0.221 e. The summed E-state index contributed by atoms with van der Waals surface area (Å²) in [6.45, 7) is 2.62. The summed E-state index contributed by atoms with van der Waals surface area (Å²) < 4.78 is 4.88. The van der Waals surface area contributed by atoms with Crippen molar-refractivity contribution in [2.24, 2.45) is 0 Å². The lowest BCUT2D eigenvalue weighted by Gasteiger charge is -2.05. The average molecular weight is 324 g/mol. The number of amides is 1. The third-order valence-electron chi connectivity index (χ3n) is 2.92. The van der Waals surface area contributed by atoms with Gasteiger partial charge in [-0.1, -0.05) is 6.07 Å². The Kier molecular flexibility index (Phi) is 6.88. The molecule has 0 aliphatic heterocycles. The summed E-state index contributed by atoms with van der Waals surface area (Å²) >= 11 is 3.50. The van der Waals surface area contributed by atoms with Crippen molar-refractivity contribution >= 4 is 28.6 Å². The number of carbonyl (C=O) groups excluding carboxylic acids is 1. The molecular formula is C15H20N2O2S2. The lowest BCUT2D eigenvalue weighted by molar-refractivity contribution is -0.121. The molecule has 2 heterocycles. The second-order valence-electron chi connectivity index (χ2n) is 4.55. The molecule has 6 heteroatoms. The molecule has 2 aromatic rings. The Morgan fingerprint density at radius 2 is 2.24 bits per heavy atom. The first-order valence-corrected chi connectivity index (χ1v) is 8.63. The molecule has 2 rings (SSSR count). The van der Waals surface area contributed by atoms with Crippen molar-refractivity contribution in [1.82, 2.24) is 10.6 Å². The van der Waals surface area contributed by atoms with Gasteiger partial charge in [-0.05, 0) is 22.9 Å². The molecule has 2 N–H and O–H groups in total. The monoisotopic (exact) mass is 324 g/mol. The van der Waals surface area contributed by atoms with Gasteiger partial charge in [-0.15, -0.1) is 22.7 Å². The van der Waals surface area contributed by atoms with Crippen molar-refractivity contribution in [1.29, 1.82) is 0 Å². The zero-order valence-electron chi connectivity index (χ0n) is 12.1. The number of thiophene rings is 2. The molecule has 0 spiro atoms. The molecule has 0 aromatic carbocycles. The van der Waals surface area contributed by atoms with Crippen molar-refractivity contribution < 1.29 is 9.53 Å². The van der Waals surface area contributed by atoms with E-state index in [1.54, 1.807) is 29.8 Å². The van der Waals surface area contributed by atoms with E-state index in [4.69, 9.17) is 4.74 Å². The van der Waals surface area contributed by atoms with Crippen LogP contribution in [0.1, 0.15) is 11.3 Å². The number of ether oxygens (including phenoxy) is 1. The highest BCUT2D eigenvalue weighted by molar-refractivity contribution is 7.14. The number of nitrogens with one attached hydrogen (secondary N) is 2. The molecule has 0 fully saturated rings. The SMILES string of the molecule is COCCNC(=O)CCNCc1cc(-c2cccs2)cs1. The highest BCUT2D eigenvalue weighted by Gasteiger charge is 2.04. The maximum absolute atomic E-state index is 11.5. The van der Waals surface area contributed by atoms with Crippen LogP contribution in [-0.2, 0) is 16.1 Å². The van der Waals surface area contributed by atoms with Gasteiger partial charge in [0.1, 0.15) is 0 Å². The Balaban J connectivity index is 1.64. The van der Waals surface area contributed by atoms with Crippen LogP contribution in [0, 0.1) is 0 Å². The van der Waals surface area contributed by atoms with Crippen LogP contribution in [0.25, 0.3) is 10.4 Å². The molecule has 1 amide bonds. The molecule has 4 nitrogen and oxygen atoms in total. The third-order valence-corrected chi connectivity index (χ3v) is 4.77. The van der Waals surface area contributed by atoms with Crippen molar-refractivity contribution in [2.45, 2.75) is 13.0 Å². The zero-order valence-corrected chi connectivity index (χ0v) is 13.7. The highest BCUT2D eigenvalue weighted by Crippen LogP contribution is 2.29. The van der Waals surface area contributed by atoms with E-state index in [0.29, 0.717) is 26.1 Å². The first-order valence-electron chi connectivity index (χ1n) is 6.87. The molecule has 0 radical (unpaired) electrons. The van der Waals surface area contributed by atoms with Crippen LogP contribution in [0.4, 0.5) is 0 Å². The largest absolute Gasteiger partial charge is 0.383 e. The molecule has 0 saturated carbocycles. The maximum Gasteiger partial charge on any atom is 0.221 e. The summed E-state index contributed by atoms with van der Waals surface area (Å²) in [5, 5.41) is 10.4. The number of rotatable bonds is 9. The Labute approximate surface area is 133 Å². The van der Waals surface area contributed by atoms with Gasteiger partial charge in [0, 0.05) is 48.5 Å². The van der Waals surface area contributed by atoms with Gasteiger partial charge in [0.05, 0.1) is 6.61 Å². The molecule has 0 aliphatic carbocycles. The normalized spacial score (nSPS) is 10.7. The van der Waals surface area contributed by atoms with E-state index in [2.05, 4.69) is 39.6 Å². The quantitative estimate of drug-likeness (QED) is 0.697. The standard InChI is InChI=1S/C15H20N2O2S2/c1-19-7-6-17-15(18)4-5-16-10-13-9-12(11-21-13)14-3-2-8-20-14/h2-3,8-9,11,16H,4-7,10H2,1H3,(H,17,18). The van der Waals surface area contributed by atoms with Gasteiger partial charge >= 0.3 is 0 Å². The van der Waals surface area contributed by atoms with E-state index in [-0.39, 0.29) is 5.91 Å². The van der Waals surface area contributed by atoms with Gasteiger partial charge in [-0.3, -0.25) is 4.79 Å². The first kappa shape index (κ1) is 16.2. The summed E-state index contributed by atoms with van der Waals surface area (Å²) in [6.07, 6.45) is 0.493. The van der Waals surface area contributed by atoms with E-state index in [0.717, 1.165) is 6.54 Å². The van der Waals surface area contributed by atoms with Crippen molar-refractivity contribution in [2.75, 3.05) is 26.8 Å². The van der Waals surface area contributed by atoms with Crippen LogP contribution in [0.2, 0.25) is 0 Å². The number of hydrogen-bond donors (Lipinski definition) is 2. The van der Waals surface area contributed by atoms with Gasteiger partial charge in [0.15, 0.2) is 0 Å². The average Bonchev–Trinajstić information content (AvgIpc) is 3.14. The van der Waals surface area contributed by atoms with E-state index in [1.165, 1.54) is 15.3 Å². The lowest BCUT2D eigenvalue weighted by Crippen LogP contribution is -2.29. The second-order valence-corrected chi connectivity index (χ2v) is 6.49. The van der Waals surface area contributed by atoms with Crippen molar-refractivity contribution in [3.05, 3.63) is 33.8 Å². The first-order chi connectivity index (χ1) is 10.3. The fourth-order valence-electron chi connectivity index (χ4n) is 1.84. The minimum absolute atomic E-state index is 0.0602. The summed E-state index contributed by atoms with van der Waals surface area (Å²) in [5.74, 6) is 0.0602. The van der Waals surface area contributed by atoms with Crippen molar-refractivity contribution in [3.8, 4) is 10.4 Å². The molecule has 0 bridgehead atoms. The second kappa shape index (κ2) is 8.94. The minimum atomic E-state index is 0.0602. The molecular weight excluding hydrogens is 304 g/mol. The molecule has 0 aliphatic rings. The zero-order chi connectivity index (χ0) is 14.9. The summed E-state index contributed by atoms with van der Waals surface area (Å²) in [6, 6.07) is 6.41. The minimum Gasteiger partial charge on any atom is -0.383 e. The van der Waals surface area contributed by atoms with E-state index < -0.39 is 0 Å². The van der Waals surface area contributed by atoms with Crippen molar-refractivity contribution in [3.63, 3.8) is 0 Å². The molecule has 2 aromatic heterocycles. The van der Waals surface area contributed by atoms with Gasteiger partial charge in [-0.2, -0.15) is 0 Å². The van der Waals surface area contributed by atoms with Crippen LogP contribution in [0.3, 0.4) is 0 Å². The molecule has 21 heavy (non-hydrogen) atoms. The number of hydrogen-bond acceptors (Lipinski definition) is 5. The van der Waals surface area contributed by atoms with E-state index in [1.807, 2.05) is 0 Å².